The fourth-order valence-electron chi connectivity index (χ4n) is 4.59. The highest BCUT2D eigenvalue weighted by molar-refractivity contribution is 6.30. The lowest BCUT2D eigenvalue weighted by Crippen LogP contribution is -2.50. The average Bonchev–Trinajstić information content (AvgIpc) is 2.70. The van der Waals surface area contributed by atoms with E-state index >= 15 is 0 Å². The SMILES string of the molecule is CC(=O)N[C@@]1(C)C[C@@H](c2cccc(Cl)c2)O[C@@H](c2c(C)cc(C(C)C)cc2OCC(=O)O)C1. The molecule has 0 saturated carbocycles. The average molecular weight is 474 g/mol. The molecular formula is C26H32ClNO5. The quantitative estimate of drug-likeness (QED) is 0.537. The highest BCUT2D eigenvalue weighted by Crippen LogP contribution is 2.47. The molecule has 3 atom stereocenters. The molecule has 0 aliphatic carbocycles. The van der Waals surface area contributed by atoms with Gasteiger partial charge in [0, 0.05) is 35.9 Å². The summed E-state index contributed by atoms with van der Waals surface area (Å²) in [5, 5.41) is 12.9. The lowest BCUT2D eigenvalue weighted by molar-refractivity contribution is -0.139. The number of benzene rings is 2. The molecule has 2 aromatic carbocycles. The first-order valence-corrected chi connectivity index (χ1v) is 11.5. The van der Waals surface area contributed by atoms with Crippen molar-refractivity contribution in [1.82, 2.24) is 5.32 Å². The first-order valence-electron chi connectivity index (χ1n) is 11.2. The highest BCUT2D eigenvalue weighted by atomic mass is 35.5. The molecule has 7 heteroatoms. The van der Waals surface area contributed by atoms with Crippen LogP contribution in [-0.4, -0.2) is 29.1 Å². The van der Waals surface area contributed by atoms with E-state index in [4.69, 9.17) is 21.1 Å². The Balaban J connectivity index is 2.08. The van der Waals surface area contributed by atoms with Crippen molar-refractivity contribution in [3.8, 4) is 5.75 Å². The molecule has 0 bridgehead atoms. The number of carbonyl (C=O) groups excluding carboxylic acids is 1. The minimum absolute atomic E-state index is 0.114. The van der Waals surface area contributed by atoms with Gasteiger partial charge in [-0.2, -0.15) is 0 Å². The van der Waals surface area contributed by atoms with Crippen LogP contribution >= 0.6 is 11.6 Å². The lowest BCUT2D eigenvalue weighted by Gasteiger charge is -2.44. The third-order valence-electron chi connectivity index (χ3n) is 6.01. The number of hydrogen-bond acceptors (Lipinski definition) is 4. The molecule has 0 aromatic heterocycles. The van der Waals surface area contributed by atoms with Crippen molar-refractivity contribution in [2.24, 2.45) is 0 Å². The lowest BCUT2D eigenvalue weighted by atomic mass is 9.80. The summed E-state index contributed by atoms with van der Waals surface area (Å²) in [7, 11) is 0. The second-order valence-corrected chi connectivity index (χ2v) is 9.84. The molecule has 178 valence electrons. The van der Waals surface area contributed by atoms with E-state index in [2.05, 4.69) is 25.2 Å². The Morgan fingerprint density at radius 1 is 1.24 bits per heavy atom. The number of hydrogen-bond donors (Lipinski definition) is 2. The topological polar surface area (TPSA) is 84.9 Å². The summed E-state index contributed by atoms with van der Waals surface area (Å²) in [6.07, 6.45) is 0.382. The maximum atomic E-state index is 12.0. The molecule has 0 radical (unpaired) electrons. The monoisotopic (exact) mass is 473 g/mol. The van der Waals surface area contributed by atoms with Crippen LogP contribution in [0, 0.1) is 6.92 Å². The van der Waals surface area contributed by atoms with E-state index in [-0.39, 0.29) is 17.9 Å². The van der Waals surface area contributed by atoms with Crippen LogP contribution in [0.1, 0.15) is 80.9 Å². The molecule has 6 nitrogen and oxygen atoms in total. The first-order chi connectivity index (χ1) is 15.5. The maximum Gasteiger partial charge on any atom is 0.341 e. The van der Waals surface area contributed by atoms with Gasteiger partial charge in [-0.15, -0.1) is 0 Å². The van der Waals surface area contributed by atoms with Crippen LogP contribution in [-0.2, 0) is 14.3 Å². The van der Waals surface area contributed by atoms with Gasteiger partial charge in [-0.25, -0.2) is 4.79 Å². The summed E-state index contributed by atoms with van der Waals surface area (Å²) >= 11 is 6.24. The number of ether oxygens (including phenoxy) is 2. The van der Waals surface area contributed by atoms with Crippen molar-refractivity contribution < 1.29 is 24.2 Å². The Kier molecular flexibility index (Phi) is 7.70. The van der Waals surface area contributed by atoms with Crippen molar-refractivity contribution in [2.75, 3.05) is 6.61 Å². The zero-order valence-corrected chi connectivity index (χ0v) is 20.5. The van der Waals surface area contributed by atoms with E-state index in [1.807, 2.05) is 44.2 Å². The minimum Gasteiger partial charge on any atom is -0.482 e. The van der Waals surface area contributed by atoms with Crippen LogP contribution < -0.4 is 10.1 Å². The van der Waals surface area contributed by atoms with Gasteiger partial charge in [0.1, 0.15) is 5.75 Å². The second-order valence-electron chi connectivity index (χ2n) is 9.41. The number of carbonyl (C=O) groups is 2. The number of aliphatic carboxylic acids is 1. The summed E-state index contributed by atoms with van der Waals surface area (Å²) in [6.45, 7) is 9.22. The Labute approximate surface area is 200 Å². The molecule has 33 heavy (non-hydrogen) atoms. The molecular weight excluding hydrogens is 442 g/mol. The molecule has 1 saturated heterocycles. The number of halogens is 1. The number of carboxylic acid groups (broad SMARTS) is 1. The molecule has 1 heterocycles. The third-order valence-corrected chi connectivity index (χ3v) is 6.24. The fraction of sp³-hybridized carbons (Fsp3) is 0.462. The Morgan fingerprint density at radius 2 is 1.94 bits per heavy atom. The van der Waals surface area contributed by atoms with E-state index in [1.165, 1.54) is 6.92 Å². The van der Waals surface area contributed by atoms with Crippen molar-refractivity contribution >= 4 is 23.5 Å². The summed E-state index contributed by atoms with van der Waals surface area (Å²) in [4.78, 5) is 23.3. The number of rotatable bonds is 7. The predicted octanol–water partition coefficient (Wildman–Crippen LogP) is 5.72. The Bertz CT molecular complexity index is 1040. The highest BCUT2D eigenvalue weighted by Gasteiger charge is 2.41. The van der Waals surface area contributed by atoms with Gasteiger partial charge < -0.3 is 19.9 Å². The van der Waals surface area contributed by atoms with E-state index in [9.17, 15) is 14.7 Å². The van der Waals surface area contributed by atoms with Crippen LogP contribution in [0.5, 0.6) is 5.75 Å². The largest absolute Gasteiger partial charge is 0.482 e. The van der Waals surface area contributed by atoms with Crippen molar-refractivity contribution in [1.29, 1.82) is 0 Å². The van der Waals surface area contributed by atoms with Gasteiger partial charge in [0.05, 0.1) is 12.2 Å². The summed E-state index contributed by atoms with van der Waals surface area (Å²) in [5.41, 5.74) is 3.22. The molecule has 1 fully saturated rings. The van der Waals surface area contributed by atoms with Gasteiger partial charge in [0.25, 0.3) is 0 Å². The number of amides is 1. The van der Waals surface area contributed by atoms with Gasteiger partial charge in [-0.05, 0) is 54.7 Å². The van der Waals surface area contributed by atoms with Crippen LogP contribution in [0.15, 0.2) is 36.4 Å². The summed E-state index contributed by atoms with van der Waals surface area (Å²) in [5.74, 6) is -0.403. The smallest absolute Gasteiger partial charge is 0.341 e. The van der Waals surface area contributed by atoms with E-state index < -0.39 is 24.2 Å². The van der Waals surface area contributed by atoms with Crippen molar-refractivity contribution in [3.05, 3.63) is 63.7 Å². The van der Waals surface area contributed by atoms with Gasteiger partial charge in [0.15, 0.2) is 6.61 Å². The third kappa shape index (κ3) is 6.27. The zero-order chi connectivity index (χ0) is 24.3. The second kappa shape index (κ2) is 10.1. The van der Waals surface area contributed by atoms with E-state index in [1.54, 1.807) is 0 Å². The first kappa shape index (κ1) is 25.1. The van der Waals surface area contributed by atoms with E-state index in [0.717, 1.165) is 22.3 Å². The fourth-order valence-corrected chi connectivity index (χ4v) is 4.79. The number of nitrogens with one attached hydrogen (secondary N) is 1. The number of carboxylic acids is 1. The van der Waals surface area contributed by atoms with Crippen LogP contribution in [0.3, 0.4) is 0 Å². The molecule has 0 unspecified atom stereocenters. The molecule has 2 aromatic rings. The molecule has 3 rings (SSSR count). The Morgan fingerprint density at radius 3 is 2.55 bits per heavy atom. The van der Waals surface area contributed by atoms with Gasteiger partial charge >= 0.3 is 5.97 Å². The minimum atomic E-state index is -1.04. The van der Waals surface area contributed by atoms with E-state index in [0.29, 0.717) is 23.6 Å². The Hall–Kier alpha value is -2.57. The van der Waals surface area contributed by atoms with Gasteiger partial charge in [-0.1, -0.05) is 43.6 Å². The standard InChI is InChI=1S/C26H32ClNO5/c1-15(2)19-9-16(3)25(21(11-19)32-14-24(30)31)23-13-26(5,28-17(4)29)12-22(33-23)18-7-6-8-20(27)10-18/h6-11,15,22-23H,12-14H2,1-5H3,(H,28,29)(H,30,31)/t22-,23+,26-/m0/s1. The molecule has 1 amide bonds. The van der Waals surface area contributed by atoms with Crippen LogP contribution in [0.4, 0.5) is 0 Å². The summed E-state index contributed by atoms with van der Waals surface area (Å²) < 4.78 is 12.3. The maximum absolute atomic E-state index is 12.0. The molecule has 1 aliphatic rings. The normalized spacial score (nSPS) is 22.8. The number of aryl methyl sites for hydroxylation is 1. The predicted molar refractivity (Wildman–Crippen MR) is 128 cm³/mol. The van der Waals surface area contributed by atoms with Crippen LogP contribution in [0.25, 0.3) is 0 Å². The van der Waals surface area contributed by atoms with Crippen molar-refractivity contribution in [3.63, 3.8) is 0 Å². The van der Waals surface area contributed by atoms with Gasteiger partial charge in [-0.3, -0.25) is 4.79 Å². The molecule has 0 spiro atoms. The molecule has 2 N–H and O–H groups in total. The zero-order valence-electron chi connectivity index (χ0n) is 19.8. The van der Waals surface area contributed by atoms with Crippen molar-refractivity contribution in [2.45, 2.75) is 71.1 Å². The summed E-state index contributed by atoms with van der Waals surface area (Å²) in [6, 6.07) is 11.5. The molecule has 1 aliphatic heterocycles. The van der Waals surface area contributed by atoms with Gasteiger partial charge in [0.2, 0.25) is 5.91 Å². The van der Waals surface area contributed by atoms with Crippen LogP contribution in [0.2, 0.25) is 5.02 Å².